The molecule has 2 heterocycles. The number of pyridine rings is 1. The van der Waals surface area contributed by atoms with Crippen LogP contribution in [-0.4, -0.2) is 32.8 Å². The fourth-order valence-corrected chi connectivity index (χ4v) is 2.78. The highest BCUT2D eigenvalue weighted by Gasteiger charge is 2.28. The first-order valence-electron chi connectivity index (χ1n) is 8.25. The second-order valence-corrected chi connectivity index (χ2v) is 6.38. The number of carbonyl (C=O) groups excluding carboxylic acids is 1. The summed E-state index contributed by atoms with van der Waals surface area (Å²) in [5, 5.41) is 8.29. The summed E-state index contributed by atoms with van der Waals surface area (Å²) in [6.07, 6.45) is 3.31. The SMILES string of the molecule is CCC(CC)(CN)NC(=O)c1cc(C)nc2c1cnn2C(C)C.Cl.Cl. The van der Waals surface area contributed by atoms with Gasteiger partial charge < -0.3 is 11.1 Å². The fraction of sp³-hybridized carbons (Fsp3) is 0.588. The summed E-state index contributed by atoms with van der Waals surface area (Å²) in [4.78, 5) is 17.4. The van der Waals surface area contributed by atoms with E-state index in [1.54, 1.807) is 6.20 Å². The van der Waals surface area contributed by atoms with Crippen LogP contribution in [0.25, 0.3) is 11.0 Å². The Morgan fingerprint density at radius 2 is 1.92 bits per heavy atom. The van der Waals surface area contributed by atoms with Crippen molar-refractivity contribution in [3.8, 4) is 0 Å². The molecular weight excluding hydrogens is 361 g/mol. The Bertz CT molecular complexity index is 702. The quantitative estimate of drug-likeness (QED) is 0.792. The molecule has 0 aliphatic rings. The maximum Gasteiger partial charge on any atom is 0.252 e. The summed E-state index contributed by atoms with van der Waals surface area (Å²) in [5.41, 5.74) is 7.69. The molecule has 0 atom stereocenters. The van der Waals surface area contributed by atoms with Crippen molar-refractivity contribution in [2.24, 2.45) is 5.73 Å². The molecule has 0 saturated heterocycles. The molecule has 0 aliphatic carbocycles. The number of aryl methyl sites for hydroxylation is 1. The average molecular weight is 390 g/mol. The summed E-state index contributed by atoms with van der Waals surface area (Å²) < 4.78 is 1.84. The van der Waals surface area contributed by atoms with E-state index in [0.29, 0.717) is 12.1 Å². The standard InChI is InChI=1S/C17H27N5O.2ClH/c1-6-17(7-2,10-18)21-16(23)13-8-12(5)20-15-14(13)9-19-22(15)11(3)4;;/h8-9,11H,6-7,10,18H2,1-5H3,(H,21,23);2*1H. The number of rotatable bonds is 6. The molecule has 2 rings (SSSR count). The lowest BCUT2D eigenvalue weighted by Gasteiger charge is -2.31. The predicted octanol–water partition coefficient (Wildman–Crippen LogP) is 3.41. The largest absolute Gasteiger partial charge is 0.345 e. The molecule has 6 nitrogen and oxygen atoms in total. The minimum atomic E-state index is -0.366. The van der Waals surface area contributed by atoms with E-state index >= 15 is 0 Å². The van der Waals surface area contributed by atoms with Crippen molar-refractivity contribution in [2.75, 3.05) is 6.54 Å². The van der Waals surface area contributed by atoms with Gasteiger partial charge in [0.1, 0.15) is 0 Å². The second-order valence-electron chi connectivity index (χ2n) is 6.38. The van der Waals surface area contributed by atoms with Crippen LogP contribution in [0.5, 0.6) is 0 Å². The molecule has 1 amide bonds. The van der Waals surface area contributed by atoms with E-state index in [-0.39, 0.29) is 42.3 Å². The first kappa shape index (κ1) is 23.6. The maximum absolute atomic E-state index is 12.9. The highest BCUT2D eigenvalue weighted by Crippen LogP contribution is 2.22. The van der Waals surface area contributed by atoms with Crippen molar-refractivity contribution in [1.82, 2.24) is 20.1 Å². The number of hydrogen-bond acceptors (Lipinski definition) is 4. The van der Waals surface area contributed by atoms with Crippen LogP contribution < -0.4 is 11.1 Å². The Hall–Kier alpha value is -1.37. The molecular formula is C17H29Cl2N5O. The number of hydrogen-bond donors (Lipinski definition) is 2. The van der Waals surface area contributed by atoms with Crippen molar-refractivity contribution in [3.63, 3.8) is 0 Å². The van der Waals surface area contributed by atoms with E-state index in [0.717, 1.165) is 29.6 Å². The predicted molar refractivity (Wildman–Crippen MR) is 107 cm³/mol. The Morgan fingerprint density at radius 3 is 2.40 bits per heavy atom. The van der Waals surface area contributed by atoms with Crippen LogP contribution in [0.1, 0.15) is 62.6 Å². The molecule has 8 heteroatoms. The van der Waals surface area contributed by atoms with E-state index < -0.39 is 0 Å². The Kier molecular flexibility index (Phi) is 8.85. The van der Waals surface area contributed by atoms with Gasteiger partial charge in [-0.2, -0.15) is 5.10 Å². The van der Waals surface area contributed by atoms with Gasteiger partial charge in [-0.1, -0.05) is 13.8 Å². The molecule has 25 heavy (non-hydrogen) atoms. The van der Waals surface area contributed by atoms with Crippen molar-refractivity contribution < 1.29 is 4.79 Å². The van der Waals surface area contributed by atoms with Gasteiger partial charge in [0.05, 0.1) is 22.7 Å². The molecule has 0 fully saturated rings. The summed E-state index contributed by atoms with van der Waals surface area (Å²) in [5.74, 6) is -0.113. The third-order valence-electron chi connectivity index (χ3n) is 4.55. The van der Waals surface area contributed by atoms with Crippen molar-refractivity contribution in [1.29, 1.82) is 0 Å². The van der Waals surface area contributed by atoms with E-state index in [4.69, 9.17) is 5.73 Å². The van der Waals surface area contributed by atoms with Crippen LogP contribution >= 0.6 is 24.8 Å². The minimum Gasteiger partial charge on any atom is -0.345 e. The molecule has 3 N–H and O–H groups in total. The number of aromatic nitrogens is 3. The molecule has 2 aromatic heterocycles. The lowest BCUT2D eigenvalue weighted by atomic mass is 9.92. The molecule has 0 saturated carbocycles. The summed E-state index contributed by atoms with van der Waals surface area (Å²) in [6, 6.07) is 2.00. The molecule has 0 unspecified atom stereocenters. The van der Waals surface area contributed by atoms with Gasteiger partial charge in [-0.15, -0.1) is 24.8 Å². The Morgan fingerprint density at radius 1 is 1.32 bits per heavy atom. The normalized spacial score (nSPS) is 11.2. The Balaban J connectivity index is 0.00000288. The van der Waals surface area contributed by atoms with E-state index in [9.17, 15) is 4.79 Å². The van der Waals surface area contributed by atoms with Gasteiger partial charge in [0.2, 0.25) is 0 Å². The van der Waals surface area contributed by atoms with Crippen molar-refractivity contribution in [3.05, 3.63) is 23.5 Å². The lowest BCUT2D eigenvalue weighted by molar-refractivity contribution is 0.0897. The summed E-state index contributed by atoms with van der Waals surface area (Å²) in [6.45, 7) is 10.5. The second kappa shape index (κ2) is 9.36. The zero-order valence-electron chi connectivity index (χ0n) is 15.5. The van der Waals surface area contributed by atoms with Gasteiger partial charge in [0, 0.05) is 18.3 Å². The highest BCUT2D eigenvalue weighted by molar-refractivity contribution is 6.05. The van der Waals surface area contributed by atoms with Gasteiger partial charge in [-0.25, -0.2) is 9.67 Å². The topological polar surface area (TPSA) is 85.8 Å². The third-order valence-corrected chi connectivity index (χ3v) is 4.55. The van der Waals surface area contributed by atoms with E-state index in [1.165, 1.54) is 0 Å². The van der Waals surface area contributed by atoms with Gasteiger partial charge >= 0.3 is 0 Å². The van der Waals surface area contributed by atoms with Crippen LogP contribution in [0.3, 0.4) is 0 Å². The zero-order valence-corrected chi connectivity index (χ0v) is 17.1. The third kappa shape index (κ3) is 4.63. The number of nitrogens with zero attached hydrogens (tertiary/aromatic N) is 3. The molecule has 0 aromatic carbocycles. The first-order valence-corrected chi connectivity index (χ1v) is 8.25. The van der Waals surface area contributed by atoms with Gasteiger partial charge in [-0.05, 0) is 39.7 Å². The van der Waals surface area contributed by atoms with Gasteiger partial charge in [0.25, 0.3) is 5.91 Å². The summed E-state index contributed by atoms with van der Waals surface area (Å²) in [7, 11) is 0. The molecule has 0 aliphatic heterocycles. The fourth-order valence-electron chi connectivity index (χ4n) is 2.78. The minimum absolute atomic E-state index is 0. The lowest BCUT2D eigenvalue weighted by Crippen LogP contribution is -2.52. The molecule has 0 radical (unpaired) electrons. The zero-order chi connectivity index (χ0) is 17.2. The highest BCUT2D eigenvalue weighted by atomic mass is 35.5. The smallest absolute Gasteiger partial charge is 0.252 e. The van der Waals surface area contributed by atoms with Crippen LogP contribution in [0.2, 0.25) is 0 Å². The van der Waals surface area contributed by atoms with Gasteiger partial charge in [-0.3, -0.25) is 4.79 Å². The number of nitrogens with two attached hydrogens (primary N) is 1. The first-order chi connectivity index (χ1) is 10.9. The molecule has 2 aromatic rings. The molecule has 0 bridgehead atoms. The van der Waals surface area contributed by atoms with E-state index in [1.807, 2.05) is 45.4 Å². The molecule has 142 valence electrons. The van der Waals surface area contributed by atoms with Crippen molar-refractivity contribution >= 4 is 41.8 Å². The number of amides is 1. The average Bonchev–Trinajstić information content (AvgIpc) is 2.95. The van der Waals surface area contributed by atoms with E-state index in [2.05, 4.69) is 15.4 Å². The van der Waals surface area contributed by atoms with Crippen LogP contribution in [0.15, 0.2) is 12.3 Å². The van der Waals surface area contributed by atoms with Crippen LogP contribution in [0.4, 0.5) is 0 Å². The monoisotopic (exact) mass is 389 g/mol. The Labute approximate surface area is 161 Å². The maximum atomic E-state index is 12.9. The number of fused-ring (bicyclic) bond motifs is 1. The van der Waals surface area contributed by atoms with Crippen molar-refractivity contribution in [2.45, 2.75) is 59.0 Å². The van der Waals surface area contributed by atoms with Gasteiger partial charge in [0.15, 0.2) is 5.65 Å². The van der Waals surface area contributed by atoms with Crippen LogP contribution in [-0.2, 0) is 0 Å². The molecule has 0 spiro atoms. The number of nitrogens with one attached hydrogen (secondary N) is 1. The summed E-state index contributed by atoms with van der Waals surface area (Å²) >= 11 is 0. The number of halogens is 2. The number of carbonyl (C=O) groups is 1. The van der Waals surface area contributed by atoms with Crippen LogP contribution in [0, 0.1) is 6.92 Å².